The maximum atomic E-state index is 14.3. The predicted molar refractivity (Wildman–Crippen MR) is 315 cm³/mol. The van der Waals surface area contributed by atoms with Crippen LogP contribution < -0.4 is 30.7 Å². The number of hydrogen-bond donors (Lipinski definition) is 6. The Labute approximate surface area is 504 Å². The lowest BCUT2D eigenvalue weighted by Crippen LogP contribution is -2.54. The van der Waals surface area contributed by atoms with E-state index in [9.17, 15) is 42.0 Å². The molecule has 7 aromatic rings. The summed E-state index contributed by atoms with van der Waals surface area (Å²) in [6.07, 6.45) is 3.87. The van der Waals surface area contributed by atoms with Gasteiger partial charge in [-0.25, -0.2) is 4.72 Å². The van der Waals surface area contributed by atoms with Gasteiger partial charge in [0.2, 0.25) is 22.8 Å². The summed E-state index contributed by atoms with van der Waals surface area (Å²) in [5.74, 6) is -4.02. The zero-order valence-electron chi connectivity index (χ0n) is 47.4. The number of sulfonamides is 1. The Morgan fingerprint density at radius 3 is 2.22 bits per heavy atom. The number of carbonyl (C=O) groups excluding carboxylic acids is 7. The molecule has 3 aromatic carbocycles. The number of anilines is 1. The maximum Gasteiger partial charge on any atom is 0.297 e. The zero-order chi connectivity index (χ0) is 61.2. The SMILES string of the molecule is Cc1cc(OCCCc2c(C(=O)NS(=O)(=O)c3ccc(C(=O)NCc4ccncc4)o3)[nH]c3c(-c4c(C)nn(CC(=O)NCCOCCOCCOCCNc5cccc6c5C(=O)N(C5CCC(=O)NC5=O)C6=O)c4C)c(Cl)ccc23)cc(C)c1Cl. The molecule has 452 valence electrons. The molecule has 1 unspecified atom stereocenters. The zero-order valence-corrected chi connectivity index (χ0v) is 49.7. The molecule has 9 rings (SSSR count). The van der Waals surface area contributed by atoms with E-state index in [2.05, 4.69) is 41.1 Å². The number of carbonyl (C=O) groups is 7. The number of H-pyrrole nitrogens is 1. The Morgan fingerprint density at radius 2 is 1.50 bits per heavy atom. The van der Waals surface area contributed by atoms with Crippen molar-refractivity contribution in [2.75, 3.05) is 64.7 Å². The van der Waals surface area contributed by atoms with Crippen molar-refractivity contribution in [1.82, 2.24) is 45.3 Å². The van der Waals surface area contributed by atoms with Crippen molar-refractivity contribution < 1.29 is 65.3 Å². The van der Waals surface area contributed by atoms with E-state index in [0.717, 1.165) is 27.7 Å². The molecule has 0 spiro atoms. The molecule has 4 aromatic heterocycles. The first-order chi connectivity index (χ1) is 41.3. The van der Waals surface area contributed by atoms with Crippen molar-refractivity contribution in [1.29, 1.82) is 0 Å². The average Bonchev–Trinajstić information content (AvgIpc) is 3.40. The van der Waals surface area contributed by atoms with Crippen LogP contribution in [0.25, 0.3) is 22.0 Å². The van der Waals surface area contributed by atoms with E-state index < -0.39 is 56.6 Å². The molecule has 0 aliphatic carbocycles. The lowest BCUT2D eigenvalue weighted by Gasteiger charge is -2.27. The van der Waals surface area contributed by atoms with Crippen LogP contribution in [0, 0.1) is 27.7 Å². The van der Waals surface area contributed by atoms with Crippen molar-refractivity contribution >= 4 is 91.2 Å². The number of piperidine rings is 1. The van der Waals surface area contributed by atoms with Crippen LogP contribution in [-0.2, 0) is 58.1 Å². The van der Waals surface area contributed by atoms with Crippen LogP contribution in [0.1, 0.15) is 94.7 Å². The smallest absolute Gasteiger partial charge is 0.297 e. The van der Waals surface area contributed by atoms with Gasteiger partial charge < -0.3 is 44.3 Å². The van der Waals surface area contributed by atoms with Crippen molar-refractivity contribution in [3.8, 4) is 16.9 Å². The van der Waals surface area contributed by atoms with Crippen LogP contribution >= 0.6 is 23.2 Å². The standard InChI is InChI=1S/C59H62Cl2N10O14S/c1-33-29-38(30-34(2)52(33)61)84-22-6-8-39-40-10-11-42(60)51(53(40)67-54(39)57(76)69-86(79,80)48-15-13-45(85-48)56(75)65-31-37-16-18-62-19-17-37)49-35(3)68-70(36(49)4)32-47(73)64-21-24-82-26-28-83-27-25-81-23-20-63-43-9-5-7-41-50(43)59(78)71(58(41)77)44-12-14-46(72)66-55(44)74/h5,7,9-11,13,15-19,29-30,44,63,67H,6,8,12,14,20-28,31-32H2,1-4H3,(H,64,73)(H,65,75)(H,69,76)(H,66,72,74). The molecule has 0 radical (unpaired) electrons. The molecule has 86 heavy (non-hydrogen) atoms. The second-order valence-electron chi connectivity index (χ2n) is 20.2. The summed E-state index contributed by atoms with van der Waals surface area (Å²) in [7, 11) is -4.67. The fraction of sp³-hybridized carbons (Fsp3) is 0.339. The van der Waals surface area contributed by atoms with Gasteiger partial charge in [0.05, 0.1) is 73.6 Å². The van der Waals surface area contributed by atoms with E-state index in [0.29, 0.717) is 73.4 Å². The van der Waals surface area contributed by atoms with Gasteiger partial charge in [-0.05, 0) is 124 Å². The molecule has 24 nitrogen and oxygen atoms in total. The van der Waals surface area contributed by atoms with Gasteiger partial charge in [-0.15, -0.1) is 0 Å². The number of hydrogen-bond acceptors (Lipinski definition) is 17. The van der Waals surface area contributed by atoms with Gasteiger partial charge in [0, 0.05) is 71.4 Å². The molecule has 1 saturated heterocycles. The molecule has 2 aliphatic heterocycles. The summed E-state index contributed by atoms with van der Waals surface area (Å²) in [6.45, 7) is 9.55. The maximum absolute atomic E-state index is 14.3. The van der Waals surface area contributed by atoms with Crippen molar-refractivity contribution in [2.24, 2.45) is 0 Å². The molecule has 7 amide bonds. The molecular weight excluding hydrogens is 1180 g/mol. The Kier molecular flexibility index (Phi) is 20.0. The van der Waals surface area contributed by atoms with E-state index in [1.807, 2.05) is 26.0 Å². The third-order valence-electron chi connectivity index (χ3n) is 14.3. The minimum Gasteiger partial charge on any atom is -0.494 e. The van der Waals surface area contributed by atoms with Crippen LogP contribution in [-0.4, -0.2) is 140 Å². The lowest BCUT2D eigenvalue weighted by atomic mass is 9.98. The Bertz CT molecular complexity index is 3840. The van der Waals surface area contributed by atoms with Crippen LogP contribution in [0.3, 0.4) is 0 Å². The van der Waals surface area contributed by atoms with Crippen molar-refractivity contribution in [3.63, 3.8) is 0 Å². The normalized spacial score (nSPS) is 14.2. The number of ether oxygens (including phenoxy) is 4. The fourth-order valence-electron chi connectivity index (χ4n) is 10.1. The lowest BCUT2D eigenvalue weighted by molar-refractivity contribution is -0.136. The van der Waals surface area contributed by atoms with Crippen LogP contribution in [0.15, 0.2) is 88.6 Å². The van der Waals surface area contributed by atoms with Gasteiger partial charge in [-0.3, -0.25) is 53.4 Å². The number of benzene rings is 3. The Hall–Kier alpha value is -8.46. The summed E-state index contributed by atoms with van der Waals surface area (Å²) in [5, 5.41) is 16.3. The number of amides is 7. The van der Waals surface area contributed by atoms with Crippen molar-refractivity contribution in [2.45, 2.75) is 77.6 Å². The van der Waals surface area contributed by atoms with Gasteiger partial charge in [0.1, 0.15) is 24.0 Å². The van der Waals surface area contributed by atoms with E-state index in [1.54, 1.807) is 62.6 Å². The number of pyridine rings is 1. The van der Waals surface area contributed by atoms with Crippen LogP contribution in [0.5, 0.6) is 5.75 Å². The third kappa shape index (κ3) is 14.3. The van der Waals surface area contributed by atoms with Gasteiger partial charge in [0.25, 0.3) is 33.7 Å². The molecule has 6 N–H and O–H groups in total. The highest BCUT2D eigenvalue weighted by molar-refractivity contribution is 7.90. The highest BCUT2D eigenvalue weighted by atomic mass is 35.5. The predicted octanol–water partition coefficient (Wildman–Crippen LogP) is 6.30. The summed E-state index contributed by atoms with van der Waals surface area (Å²) >= 11 is 13.4. The van der Waals surface area contributed by atoms with Crippen molar-refractivity contribution in [3.05, 3.63) is 145 Å². The quantitative estimate of drug-likeness (QED) is 0.0231. The molecule has 0 saturated carbocycles. The Balaban J connectivity index is 0.763. The number of imide groups is 2. The van der Waals surface area contributed by atoms with E-state index in [1.165, 1.54) is 16.8 Å². The molecule has 6 heterocycles. The Morgan fingerprint density at radius 1 is 0.791 bits per heavy atom. The molecule has 2 aliphatic rings. The van der Waals surface area contributed by atoms with Crippen LogP contribution in [0.2, 0.25) is 10.0 Å². The first-order valence-corrected chi connectivity index (χ1v) is 29.7. The van der Waals surface area contributed by atoms with E-state index in [4.69, 9.17) is 46.6 Å². The topological polar surface area (TPSA) is 314 Å². The number of furan rings is 1. The number of halogens is 2. The molecule has 0 bridgehead atoms. The second-order valence-corrected chi connectivity index (χ2v) is 22.6. The minimum absolute atomic E-state index is 0.0269. The summed E-state index contributed by atoms with van der Waals surface area (Å²) in [6, 6.07) is 16.5. The molecule has 1 atom stereocenters. The highest BCUT2D eigenvalue weighted by Crippen LogP contribution is 2.41. The number of fused-ring (bicyclic) bond motifs is 2. The average molecular weight is 1240 g/mol. The third-order valence-corrected chi connectivity index (χ3v) is 16.4. The summed E-state index contributed by atoms with van der Waals surface area (Å²) in [4.78, 5) is 99.0. The summed E-state index contributed by atoms with van der Waals surface area (Å²) < 4.78 is 59.6. The number of nitrogens with zero attached hydrogens (tertiary/aromatic N) is 4. The second kappa shape index (κ2) is 27.7. The monoisotopic (exact) mass is 1240 g/mol. The number of aromatic amines is 1. The first kappa shape index (κ1) is 62.1. The number of aryl methyl sites for hydroxylation is 4. The van der Waals surface area contributed by atoms with Gasteiger partial charge in [-0.1, -0.05) is 35.3 Å². The largest absolute Gasteiger partial charge is 0.494 e. The number of aromatic nitrogens is 4. The fourth-order valence-corrected chi connectivity index (χ4v) is 11.4. The van der Waals surface area contributed by atoms with Gasteiger partial charge in [0.15, 0.2) is 5.76 Å². The minimum atomic E-state index is -4.67. The van der Waals surface area contributed by atoms with Gasteiger partial charge >= 0.3 is 0 Å². The highest BCUT2D eigenvalue weighted by Gasteiger charge is 2.45. The summed E-state index contributed by atoms with van der Waals surface area (Å²) in [5.41, 5.74) is 6.19. The number of nitrogens with one attached hydrogen (secondary N) is 6. The van der Waals surface area contributed by atoms with E-state index in [-0.39, 0.29) is 114 Å². The van der Waals surface area contributed by atoms with E-state index >= 15 is 0 Å². The number of rotatable bonds is 28. The molecule has 27 heteroatoms. The first-order valence-electron chi connectivity index (χ1n) is 27.5. The van der Waals surface area contributed by atoms with Gasteiger partial charge in [-0.2, -0.15) is 13.5 Å². The van der Waals surface area contributed by atoms with Crippen LogP contribution in [0.4, 0.5) is 5.69 Å². The molecular formula is C59H62Cl2N10O14S. The molecule has 1 fully saturated rings.